The summed E-state index contributed by atoms with van der Waals surface area (Å²) in [6.07, 6.45) is 6.66. The van der Waals surface area contributed by atoms with Crippen LogP contribution in [0, 0.1) is 0 Å². The Labute approximate surface area is 112 Å². The van der Waals surface area contributed by atoms with Gasteiger partial charge in [-0.3, -0.25) is 4.98 Å². The van der Waals surface area contributed by atoms with Crippen LogP contribution in [0.2, 0.25) is 0 Å². The van der Waals surface area contributed by atoms with Crippen molar-refractivity contribution >= 4 is 5.52 Å². The van der Waals surface area contributed by atoms with Crippen LogP contribution in [0.1, 0.15) is 11.3 Å². The van der Waals surface area contributed by atoms with Gasteiger partial charge in [-0.2, -0.15) is 5.10 Å². The van der Waals surface area contributed by atoms with E-state index in [2.05, 4.69) is 27.5 Å². The molecule has 0 atom stereocenters. The summed E-state index contributed by atoms with van der Waals surface area (Å²) in [5.74, 6) is 0. The molecule has 0 aromatic carbocycles. The number of hydrogen-bond acceptors (Lipinski definition) is 3. The molecule has 3 heterocycles. The Bertz CT molecular complexity index is 645. The zero-order chi connectivity index (χ0) is 12.9. The third-order valence-corrected chi connectivity index (χ3v) is 3.11. The van der Waals surface area contributed by atoms with Crippen LogP contribution >= 0.6 is 0 Å². The van der Waals surface area contributed by atoms with E-state index in [1.165, 1.54) is 5.56 Å². The largest absolute Gasteiger partial charge is 0.312 e. The van der Waals surface area contributed by atoms with Crippen molar-refractivity contribution < 1.29 is 0 Å². The summed E-state index contributed by atoms with van der Waals surface area (Å²) in [5.41, 5.74) is 3.50. The van der Waals surface area contributed by atoms with Gasteiger partial charge in [-0.25, -0.2) is 4.52 Å². The maximum atomic E-state index is 4.32. The van der Waals surface area contributed by atoms with Crippen molar-refractivity contribution in [2.24, 2.45) is 0 Å². The van der Waals surface area contributed by atoms with Crippen molar-refractivity contribution in [1.82, 2.24) is 19.9 Å². The van der Waals surface area contributed by atoms with E-state index in [1.807, 2.05) is 47.4 Å². The predicted octanol–water partition coefficient (Wildman–Crippen LogP) is 2.06. The predicted molar refractivity (Wildman–Crippen MR) is 74.8 cm³/mol. The van der Waals surface area contributed by atoms with E-state index in [0.29, 0.717) is 0 Å². The van der Waals surface area contributed by atoms with Crippen molar-refractivity contribution in [3.05, 3.63) is 66.2 Å². The Kier molecular flexibility index (Phi) is 3.51. The molecule has 3 rings (SSSR count). The third kappa shape index (κ3) is 2.80. The van der Waals surface area contributed by atoms with Gasteiger partial charge in [-0.1, -0.05) is 12.1 Å². The van der Waals surface area contributed by atoms with Gasteiger partial charge in [0.15, 0.2) is 0 Å². The van der Waals surface area contributed by atoms with E-state index >= 15 is 0 Å². The zero-order valence-corrected chi connectivity index (χ0v) is 10.7. The van der Waals surface area contributed by atoms with Crippen molar-refractivity contribution in [2.45, 2.75) is 13.0 Å². The van der Waals surface area contributed by atoms with Gasteiger partial charge in [-0.15, -0.1) is 0 Å². The van der Waals surface area contributed by atoms with Gasteiger partial charge in [-0.05, 0) is 24.3 Å². The van der Waals surface area contributed by atoms with E-state index in [1.54, 1.807) is 0 Å². The first kappa shape index (κ1) is 11.9. The highest BCUT2D eigenvalue weighted by Crippen LogP contribution is 2.09. The summed E-state index contributed by atoms with van der Waals surface area (Å²) in [6, 6.07) is 12.1. The van der Waals surface area contributed by atoms with E-state index in [-0.39, 0.29) is 0 Å². The molecule has 0 unspecified atom stereocenters. The zero-order valence-electron chi connectivity index (χ0n) is 10.7. The van der Waals surface area contributed by atoms with Crippen molar-refractivity contribution in [1.29, 1.82) is 0 Å². The van der Waals surface area contributed by atoms with Gasteiger partial charge in [0.05, 0.1) is 11.7 Å². The second-order valence-corrected chi connectivity index (χ2v) is 4.45. The average Bonchev–Trinajstić information content (AvgIpc) is 2.88. The smallest absolute Gasteiger partial charge is 0.0706 e. The van der Waals surface area contributed by atoms with Crippen LogP contribution in [0.15, 0.2) is 55.0 Å². The molecule has 3 aromatic heterocycles. The lowest BCUT2D eigenvalue weighted by Crippen LogP contribution is -2.16. The fraction of sp³-hybridized carbons (Fsp3) is 0.200. The minimum absolute atomic E-state index is 0.834. The first-order valence-electron chi connectivity index (χ1n) is 6.45. The highest BCUT2D eigenvalue weighted by atomic mass is 15.2. The van der Waals surface area contributed by atoms with Gasteiger partial charge >= 0.3 is 0 Å². The number of nitrogens with zero attached hydrogens (tertiary/aromatic N) is 3. The standard InChI is InChI=1S/C15H16N4/c1-3-8-17-14(5-1)7-9-16-11-13-12-18-19-10-4-2-6-15(13)19/h1-6,8,10,12,16H,7,9,11H2. The molecule has 0 bridgehead atoms. The molecule has 1 N–H and O–H groups in total. The monoisotopic (exact) mass is 252 g/mol. The van der Waals surface area contributed by atoms with Gasteiger partial charge < -0.3 is 5.32 Å². The topological polar surface area (TPSA) is 42.2 Å². The van der Waals surface area contributed by atoms with E-state index in [4.69, 9.17) is 0 Å². The highest BCUT2D eigenvalue weighted by molar-refractivity contribution is 5.53. The number of rotatable bonds is 5. The second kappa shape index (κ2) is 5.63. The van der Waals surface area contributed by atoms with Crippen LogP contribution in [-0.4, -0.2) is 21.1 Å². The van der Waals surface area contributed by atoms with Gasteiger partial charge in [0.1, 0.15) is 0 Å². The number of aromatic nitrogens is 3. The minimum atomic E-state index is 0.834. The normalized spacial score (nSPS) is 10.9. The quantitative estimate of drug-likeness (QED) is 0.707. The van der Waals surface area contributed by atoms with Crippen LogP contribution in [0.25, 0.3) is 5.52 Å². The molecule has 0 saturated carbocycles. The fourth-order valence-electron chi connectivity index (χ4n) is 2.11. The van der Waals surface area contributed by atoms with Crippen molar-refractivity contribution in [2.75, 3.05) is 6.54 Å². The van der Waals surface area contributed by atoms with Crippen LogP contribution in [0.3, 0.4) is 0 Å². The maximum absolute atomic E-state index is 4.32. The molecule has 0 amide bonds. The van der Waals surface area contributed by atoms with Crippen molar-refractivity contribution in [3.63, 3.8) is 0 Å². The van der Waals surface area contributed by atoms with Crippen LogP contribution in [0.4, 0.5) is 0 Å². The molecular formula is C15H16N4. The van der Waals surface area contributed by atoms with Gasteiger partial charge in [0.2, 0.25) is 0 Å². The molecule has 3 aromatic rings. The molecule has 0 saturated heterocycles. The molecule has 96 valence electrons. The molecule has 19 heavy (non-hydrogen) atoms. The number of hydrogen-bond donors (Lipinski definition) is 1. The lowest BCUT2D eigenvalue weighted by Gasteiger charge is -2.03. The Morgan fingerprint density at radius 1 is 1.11 bits per heavy atom. The summed E-state index contributed by atoms with van der Waals surface area (Å²) < 4.78 is 1.90. The van der Waals surface area contributed by atoms with Crippen LogP contribution in [-0.2, 0) is 13.0 Å². The number of pyridine rings is 2. The molecule has 0 radical (unpaired) electrons. The fourth-order valence-corrected chi connectivity index (χ4v) is 2.11. The Morgan fingerprint density at radius 2 is 2.05 bits per heavy atom. The van der Waals surface area contributed by atoms with Gasteiger partial charge in [0, 0.05) is 43.2 Å². The molecule has 0 aliphatic carbocycles. The summed E-state index contributed by atoms with van der Waals surface area (Å²) in [4.78, 5) is 4.31. The van der Waals surface area contributed by atoms with Crippen LogP contribution < -0.4 is 5.32 Å². The number of nitrogens with one attached hydrogen (secondary N) is 1. The van der Waals surface area contributed by atoms with E-state index in [9.17, 15) is 0 Å². The molecule has 4 heteroatoms. The molecular weight excluding hydrogens is 236 g/mol. The first-order valence-corrected chi connectivity index (χ1v) is 6.45. The van der Waals surface area contributed by atoms with Crippen molar-refractivity contribution in [3.8, 4) is 0 Å². The maximum Gasteiger partial charge on any atom is 0.0706 e. The average molecular weight is 252 g/mol. The minimum Gasteiger partial charge on any atom is -0.312 e. The summed E-state index contributed by atoms with van der Waals surface area (Å²) in [6.45, 7) is 1.75. The lowest BCUT2D eigenvalue weighted by molar-refractivity contribution is 0.682. The Hall–Kier alpha value is -2.20. The third-order valence-electron chi connectivity index (χ3n) is 3.11. The second-order valence-electron chi connectivity index (χ2n) is 4.45. The van der Waals surface area contributed by atoms with E-state index < -0.39 is 0 Å². The lowest BCUT2D eigenvalue weighted by atomic mass is 10.2. The van der Waals surface area contributed by atoms with Crippen LogP contribution in [0.5, 0.6) is 0 Å². The summed E-state index contributed by atoms with van der Waals surface area (Å²) >= 11 is 0. The highest BCUT2D eigenvalue weighted by Gasteiger charge is 2.02. The van der Waals surface area contributed by atoms with Gasteiger partial charge in [0.25, 0.3) is 0 Å². The molecule has 0 aliphatic heterocycles. The molecule has 0 fully saturated rings. The Morgan fingerprint density at radius 3 is 2.95 bits per heavy atom. The first-order chi connectivity index (χ1) is 9.43. The Balaban J connectivity index is 1.55. The SMILES string of the molecule is c1ccc(CCNCc2cnn3ccccc23)nc1. The molecule has 4 nitrogen and oxygen atoms in total. The summed E-state index contributed by atoms with van der Waals surface area (Å²) in [5, 5.41) is 7.75. The number of fused-ring (bicyclic) bond motifs is 1. The summed E-state index contributed by atoms with van der Waals surface area (Å²) in [7, 11) is 0. The van der Waals surface area contributed by atoms with E-state index in [0.717, 1.165) is 30.7 Å². The molecule has 0 aliphatic rings. The molecule has 0 spiro atoms.